The zero-order valence-corrected chi connectivity index (χ0v) is 50.8. The lowest BCUT2D eigenvalue weighted by atomic mass is 9.43. The van der Waals surface area contributed by atoms with Gasteiger partial charge in [-0.2, -0.15) is 0 Å². The van der Waals surface area contributed by atoms with Crippen LogP contribution in [0.2, 0.25) is 0 Å². The molecular formula is C79H81BN2O. The minimum absolute atomic E-state index is 0.0440. The van der Waals surface area contributed by atoms with Crippen molar-refractivity contribution in [2.24, 2.45) is 35.5 Å². The molecule has 7 aromatic carbocycles. The molecule has 0 saturated heterocycles. The molecule has 8 saturated carbocycles. The molecule has 9 aromatic rings. The number of hydrogen-bond donors (Lipinski definition) is 0. The van der Waals surface area contributed by atoms with Crippen LogP contribution >= 0.6 is 0 Å². The van der Waals surface area contributed by atoms with Crippen molar-refractivity contribution in [3.8, 4) is 22.3 Å². The largest absolute Gasteiger partial charge is 0.454 e. The van der Waals surface area contributed by atoms with Crippen molar-refractivity contribution in [2.75, 3.05) is 4.90 Å². The number of benzene rings is 7. The number of furan rings is 1. The van der Waals surface area contributed by atoms with E-state index in [2.05, 4.69) is 193 Å². The summed E-state index contributed by atoms with van der Waals surface area (Å²) in [5, 5.41) is 5.45. The smallest absolute Gasteiger partial charge is 0.333 e. The van der Waals surface area contributed by atoms with E-state index in [9.17, 15) is 0 Å². The van der Waals surface area contributed by atoms with Crippen molar-refractivity contribution in [1.29, 1.82) is 0 Å². The van der Waals surface area contributed by atoms with E-state index in [0.29, 0.717) is 5.41 Å². The van der Waals surface area contributed by atoms with E-state index in [1.54, 1.807) is 22.3 Å². The fourth-order valence-corrected chi connectivity index (χ4v) is 22.2. The Morgan fingerprint density at radius 3 is 1.76 bits per heavy atom. The summed E-state index contributed by atoms with van der Waals surface area (Å²) >= 11 is 0. The first-order chi connectivity index (χ1) is 39.8. The molecular weight excluding hydrogens is 1000 g/mol. The van der Waals surface area contributed by atoms with E-state index in [4.69, 9.17) is 4.42 Å². The van der Waals surface area contributed by atoms with Gasteiger partial charge in [0.25, 0.3) is 0 Å². The second kappa shape index (κ2) is 15.8. The van der Waals surface area contributed by atoms with E-state index in [0.717, 1.165) is 46.7 Å². The van der Waals surface area contributed by atoms with Gasteiger partial charge in [-0.1, -0.05) is 135 Å². The standard InChI is InChI=1S/C79H81BN2O/c1-74(2,3)51-19-21-65(55(31-51)50-15-11-10-12-16-50)81-71-68-57(35-60-54-17-13-14-18-67(54)83-72(60)71)59-34-53(79-41-47-28-48(42-79)30-49(29-47)43-79)33-58-56-32-52(78-38-44-25-45(39-78)27-46(26-44)40-78)20-22-66(56)82(70(58)59)80(68)69-61-36-63-64(37-62(61)77(8,9)73(69)81)76(6,7)24-23-75(63,4)5/h10-22,31-37,44-49H,23-30,38-43H2,1-9H3. The number of anilines is 2. The highest BCUT2D eigenvalue weighted by Crippen LogP contribution is 2.66. The normalized spacial score (nSPS) is 29.6. The average Bonchev–Trinajstić information content (AvgIpc) is 1.59. The van der Waals surface area contributed by atoms with E-state index in [1.165, 1.54) is 189 Å². The van der Waals surface area contributed by atoms with Crippen molar-refractivity contribution in [3.63, 3.8) is 0 Å². The topological polar surface area (TPSA) is 21.3 Å². The summed E-state index contributed by atoms with van der Waals surface area (Å²) in [7, 11) is 0. The molecule has 0 spiro atoms. The second-order valence-electron chi connectivity index (χ2n) is 32.8. The van der Waals surface area contributed by atoms with Crippen molar-refractivity contribution >= 4 is 72.9 Å². The Labute approximate surface area is 492 Å². The minimum Gasteiger partial charge on any atom is -0.454 e. The van der Waals surface area contributed by atoms with Crippen LogP contribution < -0.4 is 10.4 Å². The zero-order valence-electron chi connectivity index (χ0n) is 50.8. The fourth-order valence-electron chi connectivity index (χ4n) is 22.2. The first-order valence-electron chi connectivity index (χ1n) is 32.9. The predicted molar refractivity (Wildman–Crippen MR) is 347 cm³/mol. The number of allylic oxidation sites excluding steroid dienone is 1. The third-order valence-corrected chi connectivity index (χ3v) is 25.4. The van der Waals surface area contributed by atoms with Gasteiger partial charge in [0, 0.05) is 54.8 Å². The quantitative estimate of drug-likeness (QED) is 0.164. The Morgan fingerprint density at radius 1 is 0.506 bits per heavy atom. The molecule has 21 rings (SSSR count). The maximum atomic E-state index is 7.61. The molecule has 83 heavy (non-hydrogen) atoms. The predicted octanol–water partition coefficient (Wildman–Crippen LogP) is 20.1. The fraction of sp³-hybridized carbons (Fsp3) is 0.443. The number of hydrogen-bond acceptors (Lipinski definition) is 2. The second-order valence-corrected chi connectivity index (χ2v) is 32.8. The summed E-state index contributed by atoms with van der Waals surface area (Å²) in [6, 6.07) is 49.8. The maximum absolute atomic E-state index is 7.61. The number of para-hydroxylation sites is 1. The van der Waals surface area contributed by atoms with Gasteiger partial charge < -0.3 is 13.8 Å². The van der Waals surface area contributed by atoms with Crippen LogP contribution in [-0.4, -0.2) is 11.3 Å². The number of nitrogens with zero attached hydrogens (tertiary/aromatic N) is 2. The van der Waals surface area contributed by atoms with Gasteiger partial charge in [-0.25, -0.2) is 0 Å². The van der Waals surface area contributed by atoms with Crippen LogP contribution in [0.5, 0.6) is 0 Å². The van der Waals surface area contributed by atoms with E-state index < -0.39 is 5.41 Å². The lowest BCUT2D eigenvalue weighted by molar-refractivity contribution is -0.00527. The van der Waals surface area contributed by atoms with Crippen LogP contribution in [0.4, 0.5) is 11.4 Å². The molecule has 0 radical (unpaired) electrons. The summed E-state index contributed by atoms with van der Waals surface area (Å²) in [6.45, 7) is 22.3. The summed E-state index contributed by atoms with van der Waals surface area (Å²) < 4.78 is 10.6. The Balaban J connectivity index is 0.984. The third kappa shape index (κ3) is 6.40. The molecule has 0 amide bonds. The van der Waals surface area contributed by atoms with Gasteiger partial charge in [-0.15, -0.1) is 0 Å². The van der Waals surface area contributed by atoms with Gasteiger partial charge in [0.15, 0.2) is 5.58 Å². The highest BCUT2D eigenvalue weighted by Gasteiger charge is 2.58. The first kappa shape index (κ1) is 49.1. The SMILES string of the molecule is CC(C)(C)c1ccc(N2C3=C(B4c5c(cc6c(oc7ccccc76)c52)-c2cc(C56CC7CC(CC(C7)C5)C6)cc5c6cc(C78CC9CC(CC(C9)C7)C8)ccc6n4c25)c2cc4c(cc2C3(C)C)C(C)(C)CCC4(C)C)c(-c2ccccc2)c1. The summed E-state index contributed by atoms with van der Waals surface area (Å²) in [5.41, 5.74) is 27.8. The number of fused-ring (bicyclic) bond motifs is 13. The van der Waals surface area contributed by atoms with Gasteiger partial charge in [0.2, 0.25) is 0 Å². The summed E-state index contributed by atoms with van der Waals surface area (Å²) in [4.78, 5) is 2.82. The molecule has 8 bridgehead atoms. The summed E-state index contributed by atoms with van der Waals surface area (Å²) in [6.07, 6.45) is 19.3. The van der Waals surface area contributed by atoms with Gasteiger partial charge in [-0.05, 0) is 262 Å². The minimum atomic E-state index is -0.392. The Morgan fingerprint density at radius 2 is 1.11 bits per heavy atom. The molecule has 4 heteroatoms. The maximum Gasteiger partial charge on any atom is 0.333 e. The highest BCUT2D eigenvalue weighted by molar-refractivity contribution is 6.94. The first-order valence-corrected chi connectivity index (χ1v) is 32.9. The van der Waals surface area contributed by atoms with Crippen LogP contribution in [0.15, 0.2) is 131 Å². The monoisotopic (exact) mass is 1080 g/mol. The molecule has 0 unspecified atom stereocenters. The molecule has 12 aliphatic rings. The molecule has 4 heterocycles. The van der Waals surface area contributed by atoms with Crippen molar-refractivity contribution in [2.45, 2.75) is 185 Å². The van der Waals surface area contributed by atoms with E-state index in [1.807, 2.05) is 0 Å². The van der Waals surface area contributed by atoms with Crippen LogP contribution in [-0.2, 0) is 32.5 Å². The van der Waals surface area contributed by atoms with Gasteiger partial charge in [-0.3, -0.25) is 0 Å². The van der Waals surface area contributed by atoms with Crippen LogP contribution in [0.1, 0.15) is 191 Å². The molecule has 0 atom stereocenters. The molecule has 2 aromatic heterocycles. The average molecular weight is 1090 g/mol. The van der Waals surface area contributed by atoms with Gasteiger partial charge in [0.05, 0.1) is 11.4 Å². The van der Waals surface area contributed by atoms with E-state index in [-0.39, 0.29) is 28.5 Å². The Kier molecular flexibility index (Phi) is 9.33. The molecule has 0 N–H and O–H groups in total. The van der Waals surface area contributed by atoms with Gasteiger partial charge >= 0.3 is 6.85 Å². The molecule has 416 valence electrons. The molecule has 8 fully saturated rings. The lowest BCUT2D eigenvalue weighted by Gasteiger charge is -2.57. The molecule has 2 aliphatic heterocycles. The third-order valence-electron chi connectivity index (χ3n) is 25.4. The van der Waals surface area contributed by atoms with Gasteiger partial charge in [0.1, 0.15) is 5.58 Å². The lowest BCUT2D eigenvalue weighted by Crippen LogP contribution is -2.51. The zero-order chi connectivity index (χ0) is 55.8. The number of rotatable bonds is 4. The van der Waals surface area contributed by atoms with Crippen molar-refractivity contribution in [1.82, 2.24) is 4.48 Å². The highest BCUT2D eigenvalue weighted by atomic mass is 16.3. The van der Waals surface area contributed by atoms with Crippen molar-refractivity contribution < 1.29 is 4.42 Å². The van der Waals surface area contributed by atoms with Crippen LogP contribution in [0.25, 0.3) is 71.5 Å². The Hall–Kier alpha value is -6.26. The van der Waals surface area contributed by atoms with Crippen molar-refractivity contribution in [3.05, 3.63) is 166 Å². The molecule has 3 nitrogen and oxygen atoms in total. The number of aromatic nitrogens is 1. The van der Waals surface area contributed by atoms with E-state index >= 15 is 0 Å². The Bertz CT molecular complexity index is 4360. The summed E-state index contributed by atoms with van der Waals surface area (Å²) in [5.74, 6) is 5.26. The van der Waals surface area contributed by atoms with Crippen LogP contribution in [0, 0.1) is 35.5 Å². The van der Waals surface area contributed by atoms with Crippen LogP contribution in [0.3, 0.4) is 0 Å². The molecule has 10 aliphatic carbocycles.